The van der Waals surface area contributed by atoms with Crippen LogP contribution in [0.2, 0.25) is 0 Å². The van der Waals surface area contributed by atoms with Crippen molar-refractivity contribution in [2.24, 2.45) is 5.73 Å². The van der Waals surface area contributed by atoms with Gasteiger partial charge in [-0.25, -0.2) is 0 Å². The minimum atomic E-state index is -1.15. The molecule has 4 heteroatoms. The molecule has 0 rings (SSSR count). The molecule has 0 saturated heterocycles. The molecule has 0 bridgehead atoms. The topological polar surface area (TPSA) is 63.3 Å². The zero-order valence-corrected chi connectivity index (χ0v) is 4.30. The van der Waals surface area contributed by atoms with Crippen molar-refractivity contribution in [3.63, 3.8) is 0 Å². The smallest absolute Gasteiger partial charge is 0.320 e. The summed E-state index contributed by atoms with van der Waals surface area (Å²) in [7, 11) is 0. The highest BCUT2D eigenvalue weighted by Crippen LogP contribution is 1.86. The summed E-state index contributed by atoms with van der Waals surface area (Å²) >= 11 is 0. The number of alkyl halides is 1. The molecule has 3 N–H and O–H groups in total. The van der Waals surface area contributed by atoms with Crippen molar-refractivity contribution in [2.75, 3.05) is 6.67 Å². The minimum Gasteiger partial charge on any atom is -0.480 e. The fourth-order valence-electron chi connectivity index (χ4n) is 0.241. The largest absolute Gasteiger partial charge is 0.480 e. The van der Waals surface area contributed by atoms with Crippen molar-refractivity contribution < 1.29 is 14.3 Å². The minimum absolute atomic E-state index is 0.102. The number of rotatable bonds is 3. The number of hydrogen-bond acceptors (Lipinski definition) is 2. The Morgan fingerprint density at radius 3 is 2.50 bits per heavy atom. The molecule has 1 atom stereocenters. The van der Waals surface area contributed by atoms with E-state index in [4.69, 9.17) is 10.8 Å². The zero-order chi connectivity index (χ0) is 6.57. The van der Waals surface area contributed by atoms with Gasteiger partial charge in [-0.3, -0.25) is 9.18 Å². The summed E-state index contributed by atoms with van der Waals surface area (Å²) in [4.78, 5) is 9.80. The lowest BCUT2D eigenvalue weighted by atomic mass is 10.2. The van der Waals surface area contributed by atoms with E-state index in [0.29, 0.717) is 0 Å². The van der Waals surface area contributed by atoms with Gasteiger partial charge >= 0.3 is 5.97 Å². The maximum atomic E-state index is 11.3. The predicted molar refractivity (Wildman–Crippen MR) is 26.2 cm³/mol. The molecule has 0 fully saturated rings. The molecular formula is C4H8FNO2. The standard InChI is InChI=1S/C4H8FNO2/c5-2-1-3(6)4(7)8/h3H,1-2,6H2,(H,7,8)/t3-/m1/s1. The van der Waals surface area contributed by atoms with Crippen LogP contribution in [0.15, 0.2) is 0 Å². The lowest BCUT2D eigenvalue weighted by Gasteiger charge is -1.99. The van der Waals surface area contributed by atoms with Gasteiger partial charge in [0.1, 0.15) is 6.04 Å². The molecule has 0 aromatic heterocycles. The molecule has 0 aliphatic heterocycles. The average Bonchev–Trinajstić information content (AvgIpc) is 1.67. The van der Waals surface area contributed by atoms with Crippen LogP contribution < -0.4 is 5.73 Å². The fourth-order valence-corrected chi connectivity index (χ4v) is 0.241. The molecule has 0 heterocycles. The summed E-state index contributed by atoms with van der Waals surface area (Å²) in [5, 5.41) is 8.02. The Bertz CT molecular complexity index is 86.1. The second-order valence-electron chi connectivity index (χ2n) is 1.42. The van der Waals surface area contributed by atoms with Crippen molar-refractivity contribution in [1.82, 2.24) is 0 Å². The Kier molecular flexibility index (Phi) is 3.10. The van der Waals surface area contributed by atoms with Crippen molar-refractivity contribution in [2.45, 2.75) is 12.5 Å². The number of carboxylic acids is 1. The normalized spacial score (nSPS) is 13.2. The van der Waals surface area contributed by atoms with Gasteiger partial charge in [-0.1, -0.05) is 0 Å². The second kappa shape index (κ2) is 3.37. The van der Waals surface area contributed by atoms with E-state index in [1.807, 2.05) is 0 Å². The van der Waals surface area contributed by atoms with Gasteiger partial charge in [0.25, 0.3) is 0 Å². The number of nitrogens with two attached hydrogens (primary N) is 1. The number of hydrogen-bond donors (Lipinski definition) is 2. The van der Waals surface area contributed by atoms with Crippen LogP contribution in [0.25, 0.3) is 0 Å². The number of aliphatic carboxylic acids is 1. The molecule has 0 spiro atoms. The van der Waals surface area contributed by atoms with Gasteiger partial charge < -0.3 is 10.8 Å². The summed E-state index contributed by atoms with van der Waals surface area (Å²) < 4.78 is 11.3. The summed E-state index contributed by atoms with van der Waals surface area (Å²) in [6, 6.07) is -1.04. The molecule has 0 radical (unpaired) electrons. The Balaban J connectivity index is 3.32. The first-order valence-electron chi connectivity index (χ1n) is 2.23. The van der Waals surface area contributed by atoms with Crippen LogP contribution in [0.5, 0.6) is 0 Å². The van der Waals surface area contributed by atoms with Crippen LogP contribution in [-0.4, -0.2) is 23.8 Å². The van der Waals surface area contributed by atoms with E-state index < -0.39 is 18.7 Å². The Labute approximate surface area is 46.3 Å². The lowest BCUT2D eigenvalue weighted by Crippen LogP contribution is -2.30. The maximum absolute atomic E-state index is 11.3. The molecule has 3 nitrogen and oxygen atoms in total. The SMILES string of the molecule is N[C@H](CCF)C(=O)O. The van der Waals surface area contributed by atoms with Gasteiger partial charge in [-0.2, -0.15) is 0 Å². The third kappa shape index (κ3) is 2.52. The van der Waals surface area contributed by atoms with Crippen molar-refractivity contribution in [1.29, 1.82) is 0 Å². The quantitative estimate of drug-likeness (QED) is 0.541. The van der Waals surface area contributed by atoms with Crippen LogP contribution in [0, 0.1) is 0 Å². The summed E-state index contributed by atoms with van der Waals surface area (Å²) in [6.07, 6.45) is -0.102. The summed E-state index contributed by atoms with van der Waals surface area (Å²) in [5.41, 5.74) is 4.89. The first-order valence-corrected chi connectivity index (χ1v) is 2.23. The monoisotopic (exact) mass is 121 g/mol. The molecule has 48 valence electrons. The van der Waals surface area contributed by atoms with E-state index in [2.05, 4.69) is 0 Å². The third-order valence-corrected chi connectivity index (χ3v) is 0.737. The second-order valence-corrected chi connectivity index (χ2v) is 1.42. The molecule has 0 amide bonds. The van der Waals surface area contributed by atoms with Crippen LogP contribution in [0.1, 0.15) is 6.42 Å². The summed E-state index contributed by atoms with van der Waals surface area (Å²) in [6.45, 7) is -0.673. The maximum Gasteiger partial charge on any atom is 0.320 e. The third-order valence-electron chi connectivity index (χ3n) is 0.737. The number of carbonyl (C=O) groups is 1. The van der Waals surface area contributed by atoms with E-state index in [-0.39, 0.29) is 6.42 Å². The van der Waals surface area contributed by atoms with Gasteiger partial charge in [0, 0.05) is 6.42 Å². The first-order chi connectivity index (χ1) is 3.68. The molecule has 0 aromatic carbocycles. The zero-order valence-electron chi connectivity index (χ0n) is 4.30. The Morgan fingerprint density at radius 1 is 1.88 bits per heavy atom. The highest BCUT2D eigenvalue weighted by atomic mass is 19.1. The first kappa shape index (κ1) is 7.36. The van der Waals surface area contributed by atoms with Crippen LogP contribution in [-0.2, 0) is 4.79 Å². The average molecular weight is 121 g/mol. The van der Waals surface area contributed by atoms with Crippen molar-refractivity contribution in [3.05, 3.63) is 0 Å². The van der Waals surface area contributed by atoms with Gasteiger partial charge in [-0.05, 0) is 0 Å². The van der Waals surface area contributed by atoms with Gasteiger partial charge in [0.15, 0.2) is 0 Å². The van der Waals surface area contributed by atoms with E-state index in [1.54, 1.807) is 0 Å². The highest BCUT2D eigenvalue weighted by Gasteiger charge is 2.08. The number of halogens is 1. The van der Waals surface area contributed by atoms with Crippen LogP contribution >= 0.6 is 0 Å². The van der Waals surface area contributed by atoms with Gasteiger partial charge in [0.05, 0.1) is 6.67 Å². The van der Waals surface area contributed by atoms with Gasteiger partial charge in [0.2, 0.25) is 0 Å². The van der Waals surface area contributed by atoms with Crippen molar-refractivity contribution in [3.8, 4) is 0 Å². The molecule has 0 unspecified atom stereocenters. The molecular weight excluding hydrogens is 113 g/mol. The Hall–Kier alpha value is -0.640. The van der Waals surface area contributed by atoms with Crippen LogP contribution in [0.4, 0.5) is 4.39 Å². The molecule has 0 aliphatic carbocycles. The fraction of sp³-hybridized carbons (Fsp3) is 0.750. The van der Waals surface area contributed by atoms with Crippen LogP contribution in [0.3, 0.4) is 0 Å². The van der Waals surface area contributed by atoms with E-state index in [1.165, 1.54) is 0 Å². The van der Waals surface area contributed by atoms with E-state index in [0.717, 1.165) is 0 Å². The van der Waals surface area contributed by atoms with Gasteiger partial charge in [-0.15, -0.1) is 0 Å². The van der Waals surface area contributed by atoms with Crippen molar-refractivity contribution >= 4 is 5.97 Å². The summed E-state index contributed by atoms with van der Waals surface area (Å²) in [5.74, 6) is -1.15. The predicted octanol–water partition coefficient (Wildman–Crippen LogP) is -0.242. The molecule has 8 heavy (non-hydrogen) atoms. The molecule has 0 aromatic rings. The molecule has 0 aliphatic rings. The van der Waals surface area contributed by atoms with E-state index >= 15 is 0 Å². The molecule has 0 saturated carbocycles. The highest BCUT2D eigenvalue weighted by molar-refractivity contribution is 5.72. The van der Waals surface area contributed by atoms with E-state index in [9.17, 15) is 9.18 Å². The number of carboxylic acid groups (broad SMARTS) is 1. The Morgan fingerprint density at radius 2 is 2.38 bits per heavy atom. The lowest BCUT2D eigenvalue weighted by molar-refractivity contribution is -0.138.